The van der Waals surface area contributed by atoms with Gasteiger partial charge in [-0.05, 0) is 28.8 Å². The van der Waals surface area contributed by atoms with E-state index in [9.17, 15) is 0 Å². The molecule has 0 saturated heterocycles. The third-order valence-corrected chi connectivity index (χ3v) is 2.53. The van der Waals surface area contributed by atoms with Crippen LogP contribution >= 0.6 is 0 Å². The minimum Gasteiger partial charge on any atom is -0.508 e. The second-order valence-corrected chi connectivity index (χ2v) is 3.90. The highest BCUT2D eigenvalue weighted by Crippen LogP contribution is 2.09. The lowest BCUT2D eigenvalue weighted by atomic mass is 10.1. The summed E-state index contributed by atoms with van der Waals surface area (Å²) in [5.74, 6) is 0.292. The molecule has 0 fully saturated rings. The Morgan fingerprint density at radius 2 is 1.21 bits per heavy atom. The van der Waals surface area contributed by atoms with Crippen molar-refractivity contribution in [3.63, 3.8) is 0 Å². The molecule has 2 N–H and O–H groups in total. The Kier molecular flexibility index (Phi) is 6.13. The van der Waals surface area contributed by atoms with Gasteiger partial charge in [0, 0.05) is 0 Å². The first-order valence-electron chi connectivity index (χ1n) is 5.93. The van der Waals surface area contributed by atoms with Crippen molar-refractivity contribution in [1.82, 2.24) is 0 Å². The fourth-order valence-electron chi connectivity index (χ4n) is 1.37. The fraction of sp³-hybridized carbons (Fsp3) is 0.0588. The SMILES string of the molecule is C=Cc1ccc(CO)cc1.C=Cc1ccc(O)cc1. The third-order valence-electron chi connectivity index (χ3n) is 2.53. The van der Waals surface area contributed by atoms with Crippen LogP contribution in [0.3, 0.4) is 0 Å². The van der Waals surface area contributed by atoms with Crippen LogP contribution in [0.1, 0.15) is 16.7 Å². The van der Waals surface area contributed by atoms with Gasteiger partial charge in [0.1, 0.15) is 5.75 Å². The predicted octanol–water partition coefficient (Wildman–Crippen LogP) is 3.86. The number of benzene rings is 2. The number of phenols is 1. The molecule has 0 bridgehead atoms. The van der Waals surface area contributed by atoms with E-state index in [4.69, 9.17) is 10.2 Å². The number of hydrogen-bond donors (Lipinski definition) is 2. The Hall–Kier alpha value is -2.32. The highest BCUT2D eigenvalue weighted by atomic mass is 16.3. The van der Waals surface area contributed by atoms with Gasteiger partial charge < -0.3 is 10.2 Å². The monoisotopic (exact) mass is 254 g/mol. The van der Waals surface area contributed by atoms with Crippen LogP contribution in [0.4, 0.5) is 0 Å². The van der Waals surface area contributed by atoms with Crippen molar-refractivity contribution in [1.29, 1.82) is 0 Å². The molecule has 0 amide bonds. The zero-order valence-electron chi connectivity index (χ0n) is 10.8. The number of rotatable bonds is 3. The topological polar surface area (TPSA) is 40.5 Å². The third kappa shape index (κ3) is 5.23. The maximum atomic E-state index is 8.82. The summed E-state index contributed by atoms with van der Waals surface area (Å²) in [4.78, 5) is 0. The molecule has 0 atom stereocenters. The molecule has 0 spiro atoms. The minimum atomic E-state index is 0.109. The molecule has 2 aromatic rings. The van der Waals surface area contributed by atoms with Gasteiger partial charge in [-0.3, -0.25) is 0 Å². The van der Waals surface area contributed by atoms with Crippen LogP contribution < -0.4 is 0 Å². The summed E-state index contributed by atoms with van der Waals surface area (Å²) in [6, 6.07) is 14.5. The molecule has 2 nitrogen and oxygen atoms in total. The maximum absolute atomic E-state index is 8.82. The molecule has 0 radical (unpaired) electrons. The van der Waals surface area contributed by atoms with Crippen molar-refractivity contribution in [2.75, 3.05) is 0 Å². The number of aromatic hydroxyl groups is 1. The average Bonchev–Trinajstić information content (AvgIpc) is 2.49. The standard InChI is InChI=1S/C9H10O.C8H8O/c1-2-8-3-5-9(7-10)6-4-8;1-2-7-3-5-8(9)6-4-7/h2-6,10H,1,7H2;2-6,9H,1H2. The molecule has 0 aliphatic rings. The van der Waals surface area contributed by atoms with Gasteiger partial charge in [-0.1, -0.05) is 61.7 Å². The molecule has 19 heavy (non-hydrogen) atoms. The fourth-order valence-corrected chi connectivity index (χ4v) is 1.37. The molecular weight excluding hydrogens is 236 g/mol. The molecule has 0 saturated carbocycles. The van der Waals surface area contributed by atoms with E-state index in [1.807, 2.05) is 36.4 Å². The van der Waals surface area contributed by atoms with Gasteiger partial charge >= 0.3 is 0 Å². The predicted molar refractivity (Wildman–Crippen MR) is 80.7 cm³/mol. The molecule has 98 valence electrons. The largest absolute Gasteiger partial charge is 0.508 e. The summed E-state index contributed by atoms with van der Waals surface area (Å²) in [6.45, 7) is 7.31. The first-order valence-corrected chi connectivity index (χ1v) is 5.93. The van der Waals surface area contributed by atoms with E-state index in [0.717, 1.165) is 16.7 Å². The quantitative estimate of drug-likeness (QED) is 0.873. The second kappa shape index (κ2) is 7.90. The lowest BCUT2D eigenvalue weighted by Crippen LogP contribution is -1.80. The second-order valence-electron chi connectivity index (χ2n) is 3.90. The Morgan fingerprint density at radius 1 is 0.789 bits per heavy atom. The molecule has 2 rings (SSSR count). The Labute approximate surface area is 114 Å². The molecule has 0 heterocycles. The summed E-state index contributed by atoms with van der Waals surface area (Å²) >= 11 is 0. The smallest absolute Gasteiger partial charge is 0.115 e. The summed E-state index contributed by atoms with van der Waals surface area (Å²) in [5.41, 5.74) is 3.04. The number of hydrogen-bond acceptors (Lipinski definition) is 2. The van der Waals surface area contributed by atoms with Gasteiger partial charge in [-0.25, -0.2) is 0 Å². The lowest BCUT2D eigenvalue weighted by molar-refractivity contribution is 0.282. The van der Waals surface area contributed by atoms with Crippen LogP contribution in [0.2, 0.25) is 0 Å². The Morgan fingerprint density at radius 3 is 1.58 bits per heavy atom. The van der Waals surface area contributed by atoms with E-state index < -0.39 is 0 Å². The average molecular weight is 254 g/mol. The van der Waals surface area contributed by atoms with Crippen molar-refractivity contribution in [3.05, 3.63) is 78.4 Å². The van der Waals surface area contributed by atoms with Crippen molar-refractivity contribution < 1.29 is 10.2 Å². The van der Waals surface area contributed by atoms with Gasteiger partial charge in [0.15, 0.2) is 0 Å². The Bertz CT molecular complexity index is 510. The zero-order valence-corrected chi connectivity index (χ0v) is 10.8. The number of aliphatic hydroxyl groups is 1. The molecule has 2 heteroatoms. The minimum absolute atomic E-state index is 0.109. The molecule has 0 aromatic heterocycles. The zero-order chi connectivity index (χ0) is 14.1. The van der Waals surface area contributed by atoms with Crippen molar-refractivity contribution in [2.45, 2.75) is 6.61 Å². The lowest BCUT2D eigenvalue weighted by Gasteiger charge is -1.94. The van der Waals surface area contributed by atoms with E-state index in [-0.39, 0.29) is 6.61 Å². The van der Waals surface area contributed by atoms with Gasteiger partial charge in [-0.2, -0.15) is 0 Å². The highest BCUT2D eigenvalue weighted by Gasteiger charge is 1.87. The molecule has 0 unspecified atom stereocenters. The summed E-state index contributed by atoms with van der Waals surface area (Å²) in [7, 11) is 0. The maximum Gasteiger partial charge on any atom is 0.115 e. The Balaban J connectivity index is 0.000000191. The van der Waals surface area contributed by atoms with Gasteiger partial charge in [0.05, 0.1) is 6.61 Å². The van der Waals surface area contributed by atoms with Crippen molar-refractivity contribution >= 4 is 12.2 Å². The molecular formula is C17H18O2. The molecule has 0 aliphatic heterocycles. The first-order chi connectivity index (χ1) is 9.19. The normalized spacial score (nSPS) is 9.11. The van der Waals surface area contributed by atoms with E-state index in [1.54, 1.807) is 24.3 Å². The number of phenolic OH excluding ortho intramolecular Hbond substituents is 1. The van der Waals surface area contributed by atoms with Crippen LogP contribution in [-0.4, -0.2) is 10.2 Å². The van der Waals surface area contributed by atoms with E-state index >= 15 is 0 Å². The summed E-state index contributed by atoms with van der Waals surface area (Å²) in [5, 5.41) is 17.5. The van der Waals surface area contributed by atoms with Crippen LogP contribution in [0, 0.1) is 0 Å². The summed E-state index contributed by atoms with van der Waals surface area (Å²) in [6.07, 6.45) is 3.51. The highest BCUT2D eigenvalue weighted by molar-refractivity contribution is 5.48. The molecule has 2 aromatic carbocycles. The summed E-state index contributed by atoms with van der Waals surface area (Å²) < 4.78 is 0. The van der Waals surface area contributed by atoms with E-state index in [2.05, 4.69) is 13.2 Å². The van der Waals surface area contributed by atoms with E-state index in [1.165, 1.54) is 0 Å². The van der Waals surface area contributed by atoms with Crippen molar-refractivity contribution in [3.8, 4) is 5.75 Å². The van der Waals surface area contributed by atoms with Crippen LogP contribution in [-0.2, 0) is 6.61 Å². The van der Waals surface area contributed by atoms with Gasteiger partial charge in [-0.15, -0.1) is 0 Å². The van der Waals surface area contributed by atoms with Crippen LogP contribution in [0.5, 0.6) is 5.75 Å². The number of aliphatic hydroxyl groups excluding tert-OH is 1. The van der Waals surface area contributed by atoms with Gasteiger partial charge in [0.25, 0.3) is 0 Å². The first kappa shape index (κ1) is 14.7. The van der Waals surface area contributed by atoms with Crippen LogP contribution in [0.25, 0.3) is 12.2 Å². The van der Waals surface area contributed by atoms with Gasteiger partial charge in [0.2, 0.25) is 0 Å². The van der Waals surface area contributed by atoms with Crippen molar-refractivity contribution in [2.24, 2.45) is 0 Å². The molecule has 0 aliphatic carbocycles. The van der Waals surface area contributed by atoms with E-state index in [0.29, 0.717) is 5.75 Å². The van der Waals surface area contributed by atoms with Crippen LogP contribution in [0.15, 0.2) is 61.7 Å².